The zero-order valence-corrected chi connectivity index (χ0v) is 22.0. The van der Waals surface area contributed by atoms with Crippen molar-refractivity contribution in [2.24, 2.45) is 11.8 Å². The Hall–Kier alpha value is -2.91. The number of likely N-dealkylation sites (tertiary alicyclic amines) is 1. The van der Waals surface area contributed by atoms with E-state index in [1.54, 1.807) is 54.2 Å². The van der Waals surface area contributed by atoms with Crippen LogP contribution in [0, 0.1) is 11.8 Å². The second-order valence-electron chi connectivity index (χ2n) is 9.98. The van der Waals surface area contributed by atoms with Gasteiger partial charge in [0.1, 0.15) is 23.3 Å². The van der Waals surface area contributed by atoms with Crippen molar-refractivity contribution in [3.8, 4) is 5.75 Å². The highest BCUT2D eigenvalue weighted by Crippen LogP contribution is 2.64. The minimum atomic E-state index is -1.12. The predicted octanol–water partition coefficient (Wildman–Crippen LogP) is 2.70. The second kappa shape index (κ2) is 10.8. The van der Waals surface area contributed by atoms with Gasteiger partial charge in [-0.1, -0.05) is 13.0 Å². The molecule has 37 heavy (non-hydrogen) atoms. The molecule has 3 saturated heterocycles. The Labute approximate surface area is 218 Å². The fourth-order valence-electron chi connectivity index (χ4n) is 6.58. The number of aliphatic hydroxyl groups is 1. The molecule has 9 nitrogen and oxygen atoms in total. The van der Waals surface area contributed by atoms with Gasteiger partial charge in [-0.2, -0.15) is 0 Å². The molecule has 3 fully saturated rings. The molecule has 2 amide bonds. The summed E-state index contributed by atoms with van der Waals surface area (Å²) in [5.74, 6) is -1.85. The molecule has 202 valence electrons. The molecule has 1 N–H and O–H groups in total. The molecule has 2 bridgehead atoms. The Balaban J connectivity index is 1.78. The number of fused-ring (bicyclic) bond motifs is 1. The molecule has 3 heterocycles. The number of benzene rings is 1. The van der Waals surface area contributed by atoms with Crippen LogP contribution < -0.4 is 9.64 Å². The summed E-state index contributed by atoms with van der Waals surface area (Å²) in [5.41, 5.74) is -1.30. The molecule has 5 atom stereocenters. The number of hydrogen-bond acceptors (Lipinski definition) is 7. The van der Waals surface area contributed by atoms with E-state index in [4.69, 9.17) is 14.2 Å². The van der Waals surface area contributed by atoms with Crippen LogP contribution in [0.2, 0.25) is 0 Å². The molecule has 1 aromatic carbocycles. The minimum Gasteiger partial charge on any atom is -0.497 e. The normalized spacial score (nSPS) is 29.8. The van der Waals surface area contributed by atoms with Crippen molar-refractivity contribution in [1.82, 2.24) is 4.90 Å². The topological polar surface area (TPSA) is 106 Å². The van der Waals surface area contributed by atoms with Gasteiger partial charge in [0.15, 0.2) is 0 Å². The van der Waals surface area contributed by atoms with Crippen molar-refractivity contribution in [2.45, 2.75) is 63.2 Å². The van der Waals surface area contributed by atoms with Crippen LogP contribution in [0.3, 0.4) is 0 Å². The second-order valence-corrected chi connectivity index (χ2v) is 9.98. The Morgan fingerprint density at radius 2 is 1.97 bits per heavy atom. The molecule has 1 aromatic rings. The van der Waals surface area contributed by atoms with Gasteiger partial charge in [-0.15, -0.1) is 6.58 Å². The van der Waals surface area contributed by atoms with E-state index in [1.807, 2.05) is 6.92 Å². The highest BCUT2D eigenvalue weighted by atomic mass is 16.6. The first kappa shape index (κ1) is 27.1. The third-order valence-corrected chi connectivity index (χ3v) is 8.22. The molecular weight excluding hydrogens is 476 g/mol. The van der Waals surface area contributed by atoms with Crippen LogP contribution in [0.1, 0.15) is 46.0 Å². The molecule has 1 spiro atoms. The molecule has 3 aliphatic heterocycles. The molecule has 0 saturated carbocycles. The van der Waals surface area contributed by atoms with Crippen molar-refractivity contribution in [3.63, 3.8) is 0 Å². The van der Waals surface area contributed by atoms with E-state index < -0.39 is 35.0 Å². The molecular formula is C28H38N2O7. The zero-order valence-electron chi connectivity index (χ0n) is 22.0. The number of esters is 1. The van der Waals surface area contributed by atoms with Crippen LogP contribution in [-0.4, -0.2) is 78.4 Å². The lowest BCUT2D eigenvalue weighted by atomic mass is 9.65. The number of ether oxygens (including phenoxy) is 3. The van der Waals surface area contributed by atoms with Crippen molar-refractivity contribution in [3.05, 3.63) is 36.9 Å². The fraction of sp³-hybridized carbons (Fsp3) is 0.607. The lowest BCUT2D eigenvalue weighted by Gasteiger charge is -2.37. The number of carbonyl (C=O) groups is 3. The van der Waals surface area contributed by atoms with Crippen molar-refractivity contribution >= 4 is 23.5 Å². The Kier molecular flexibility index (Phi) is 7.94. The summed E-state index contributed by atoms with van der Waals surface area (Å²) in [6.07, 6.45) is 4.30. The van der Waals surface area contributed by atoms with E-state index >= 15 is 0 Å². The average molecular weight is 515 g/mol. The molecule has 9 heteroatoms. The molecule has 0 aromatic heterocycles. The number of carbonyl (C=O) groups excluding carboxylic acids is 3. The molecule has 4 rings (SSSR count). The monoisotopic (exact) mass is 514 g/mol. The van der Waals surface area contributed by atoms with E-state index in [1.165, 1.54) is 0 Å². The van der Waals surface area contributed by atoms with E-state index in [0.29, 0.717) is 43.5 Å². The summed E-state index contributed by atoms with van der Waals surface area (Å²) in [5, 5.41) is 9.35. The van der Waals surface area contributed by atoms with Crippen molar-refractivity contribution < 1.29 is 33.7 Å². The standard InChI is InChI=1S/C28H38N2O7/c1-5-16-29(19-10-12-20(35-4)13-11-19)25(33)23-28-15-14-27(6-2,37-28)22(26(34)36-7-3)21(28)24(32)30(23)17-8-9-18-31/h5,10-13,21-23,31H,1,6-9,14-18H2,2-4H3/t21-,22+,23?,27-,28?/m0/s1. The maximum atomic E-state index is 14.4. The number of nitrogens with zero attached hydrogens (tertiary/aromatic N) is 2. The third-order valence-electron chi connectivity index (χ3n) is 8.22. The van der Waals surface area contributed by atoms with E-state index in [0.717, 1.165) is 0 Å². The lowest BCUT2D eigenvalue weighted by Crippen LogP contribution is -2.56. The van der Waals surface area contributed by atoms with Gasteiger partial charge in [-0.25, -0.2) is 0 Å². The van der Waals surface area contributed by atoms with Crippen LogP contribution in [0.4, 0.5) is 5.69 Å². The third kappa shape index (κ3) is 4.32. The SMILES string of the molecule is C=CCN(C(=O)C1N(CCCCO)C(=O)[C@@H]2[C@H](C(=O)OCC)[C@]3(CC)CCC12O3)c1ccc(OC)cc1. The van der Waals surface area contributed by atoms with Gasteiger partial charge in [0.25, 0.3) is 5.91 Å². The Morgan fingerprint density at radius 1 is 1.24 bits per heavy atom. The maximum absolute atomic E-state index is 14.4. The fourth-order valence-corrected chi connectivity index (χ4v) is 6.58. The van der Waals surface area contributed by atoms with Crippen molar-refractivity contribution in [1.29, 1.82) is 0 Å². The van der Waals surface area contributed by atoms with E-state index in [-0.39, 0.29) is 38.1 Å². The summed E-state index contributed by atoms with van der Waals surface area (Å²) in [4.78, 5) is 44.8. The van der Waals surface area contributed by atoms with E-state index in [2.05, 4.69) is 6.58 Å². The van der Waals surface area contributed by atoms with Crippen LogP contribution in [0.15, 0.2) is 36.9 Å². The number of aliphatic hydroxyl groups excluding tert-OH is 1. The number of rotatable bonds is 12. The van der Waals surface area contributed by atoms with Gasteiger partial charge in [-0.05, 0) is 63.3 Å². The predicted molar refractivity (Wildman–Crippen MR) is 137 cm³/mol. The van der Waals surface area contributed by atoms with Gasteiger partial charge >= 0.3 is 5.97 Å². The number of methoxy groups -OCH3 is 1. The minimum absolute atomic E-state index is 0.00938. The van der Waals surface area contributed by atoms with Crippen molar-refractivity contribution in [2.75, 3.05) is 38.3 Å². The largest absolute Gasteiger partial charge is 0.497 e. The summed E-state index contributed by atoms with van der Waals surface area (Å²) in [6, 6.07) is 6.24. The summed E-state index contributed by atoms with van der Waals surface area (Å²) >= 11 is 0. The van der Waals surface area contributed by atoms with Gasteiger partial charge < -0.3 is 29.1 Å². The lowest BCUT2D eigenvalue weighted by molar-refractivity contribution is -0.160. The number of hydrogen-bond donors (Lipinski definition) is 1. The molecule has 3 aliphatic rings. The summed E-state index contributed by atoms with van der Waals surface area (Å²) in [7, 11) is 1.58. The zero-order chi connectivity index (χ0) is 26.8. The first-order valence-electron chi connectivity index (χ1n) is 13.2. The number of amides is 2. The van der Waals surface area contributed by atoms with Gasteiger partial charge in [0.2, 0.25) is 5.91 Å². The van der Waals surface area contributed by atoms with Crippen LogP contribution in [0.5, 0.6) is 5.75 Å². The maximum Gasteiger partial charge on any atom is 0.312 e. The summed E-state index contributed by atoms with van der Waals surface area (Å²) in [6.45, 7) is 8.25. The Morgan fingerprint density at radius 3 is 2.57 bits per heavy atom. The highest BCUT2D eigenvalue weighted by molar-refractivity contribution is 6.04. The smallest absolute Gasteiger partial charge is 0.312 e. The van der Waals surface area contributed by atoms with E-state index in [9.17, 15) is 19.5 Å². The number of unbranched alkanes of at least 4 members (excludes halogenated alkanes) is 1. The number of anilines is 1. The van der Waals surface area contributed by atoms with Gasteiger partial charge in [-0.3, -0.25) is 14.4 Å². The molecule has 2 unspecified atom stereocenters. The first-order chi connectivity index (χ1) is 17.8. The highest BCUT2D eigenvalue weighted by Gasteiger charge is 2.79. The van der Waals surface area contributed by atoms with Crippen LogP contribution in [0.25, 0.3) is 0 Å². The first-order valence-corrected chi connectivity index (χ1v) is 13.2. The quantitative estimate of drug-likeness (QED) is 0.260. The van der Waals surface area contributed by atoms with Gasteiger partial charge in [0.05, 0.1) is 25.2 Å². The molecule has 0 aliphatic carbocycles. The molecule has 0 radical (unpaired) electrons. The van der Waals surface area contributed by atoms with Crippen LogP contribution >= 0.6 is 0 Å². The summed E-state index contributed by atoms with van der Waals surface area (Å²) < 4.78 is 17.4. The Bertz CT molecular complexity index is 1030. The van der Waals surface area contributed by atoms with Gasteiger partial charge in [0, 0.05) is 25.4 Å². The average Bonchev–Trinajstić information content (AvgIpc) is 3.51. The van der Waals surface area contributed by atoms with Crippen LogP contribution in [-0.2, 0) is 23.9 Å².